The van der Waals surface area contributed by atoms with Crippen LogP contribution < -0.4 is 4.90 Å². The first-order valence-corrected chi connectivity index (χ1v) is 10.4. The molecule has 2 saturated heterocycles. The highest BCUT2D eigenvalue weighted by Crippen LogP contribution is 2.47. The molecule has 0 unspecified atom stereocenters. The lowest BCUT2D eigenvalue weighted by Gasteiger charge is -2.48. The van der Waals surface area contributed by atoms with E-state index in [1.807, 2.05) is 19.2 Å². The highest BCUT2D eigenvalue weighted by molar-refractivity contribution is 6.33. The smallest absolute Gasteiger partial charge is 0.0639 e. The molecule has 1 saturated carbocycles. The van der Waals surface area contributed by atoms with E-state index in [9.17, 15) is 0 Å². The fourth-order valence-electron chi connectivity index (χ4n) is 5.63. The Morgan fingerprint density at radius 2 is 1.80 bits per heavy atom. The van der Waals surface area contributed by atoms with Gasteiger partial charge < -0.3 is 9.64 Å². The molecule has 1 aromatic carbocycles. The Kier molecular flexibility index (Phi) is 5.26. The first-order valence-electron chi connectivity index (χ1n) is 9.98. The van der Waals surface area contributed by atoms with Crippen molar-refractivity contribution >= 4 is 17.3 Å². The quantitative estimate of drug-likeness (QED) is 0.782. The summed E-state index contributed by atoms with van der Waals surface area (Å²) in [7, 11) is 1.92. The molecule has 1 spiro atoms. The Labute approximate surface area is 157 Å². The van der Waals surface area contributed by atoms with Crippen LogP contribution in [0.3, 0.4) is 0 Å². The second-order valence-corrected chi connectivity index (χ2v) is 8.63. The molecule has 0 amide bonds. The molecule has 3 nitrogen and oxygen atoms in total. The summed E-state index contributed by atoms with van der Waals surface area (Å²) in [6, 6.07) is 8.99. The Bertz CT molecular complexity index is 587. The second kappa shape index (κ2) is 7.46. The second-order valence-electron chi connectivity index (χ2n) is 8.22. The summed E-state index contributed by atoms with van der Waals surface area (Å²) in [5.74, 6) is 0. The highest BCUT2D eigenvalue weighted by Gasteiger charge is 2.46. The maximum atomic E-state index is 6.39. The van der Waals surface area contributed by atoms with E-state index < -0.39 is 0 Å². The van der Waals surface area contributed by atoms with Gasteiger partial charge >= 0.3 is 0 Å². The third-order valence-electron chi connectivity index (χ3n) is 6.92. The topological polar surface area (TPSA) is 15.7 Å². The Balaban J connectivity index is 1.38. The van der Waals surface area contributed by atoms with Crippen LogP contribution >= 0.6 is 11.6 Å². The number of anilines is 1. The van der Waals surface area contributed by atoms with Crippen LogP contribution in [0.25, 0.3) is 0 Å². The van der Waals surface area contributed by atoms with Gasteiger partial charge in [0.15, 0.2) is 0 Å². The van der Waals surface area contributed by atoms with Gasteiger partial charge in [0.05, 0.1) is 16.8 Å². The minimum absolute atomic E-state index is 0.437. The molecule has 0 bridgehead atoms. The zero-order valence-electron chi connectivity index (χ0n) is 15.4. The predicted octanol–water partition coefficient (Wildman–Crippen LogP) is 4.59. The molecule has 138 valence electrons. The molecule has 2 aliphatic heterocycles. The Hall–Kier alpha value is -0.770. The van der Waals surface area contributed by atoms with Crippen molar-refractivity contribution in [2.75, 3.05) is 38.2 Å². The average Bonchev–Trinajstić information content (AvgIpc) is 3.04. The molecule has 3 aliphatic rings. The van der Waals surface area contributed by atoms with Gasteiger partial charge in [-0.3, -0.25) is 4.90 Å². The summed E-state index contributed by atoms with van der Waals surface area (Å²) in [5, 5.41) is 0.881. The molecule has 25 heavy (non-hydrogen) atoms. The van der Waals surface area contributed by atoms with Gasteiger partial charge in [-0.2, -0.15) is 0 Å². The zero-order valence-corrected chi connectivity index (χ0v) is 16.2. The third-order valence-corrected chi connectivity index (χ3v) is 7.24. The van der Waals surface area contributed by atoms with Crippen LogP contribution in [0.15, 0.2) is 24.3 Å². The molecule has 0 radical (unpaired) electrons. The number of methoxy groups -OCH3 is 1. The number of para-hydroxylation sites is 1. The SMILES string of the molecule is CO[C@@H]1CCC[C@]12CCCN(C1CCN(c3ccccc3Cl)CC1)C2. The van der Waals surface area contributed by atoms with Crippen molar-refractivity contribution in [2.45, 2.75) is 57.1 Å². The Morgan fingerprint density at radius 3 is 2.56 bits per heavy atom. The molecule has 1 aromatic rings. The number of ether oxygens (including phenoxy) is 1. The molecule has 1 aliphatic carbocycles. The van der Waals surface area contributed by atoms with Gasteiger partial charge in [0, 0.05) is 38.2 Å². The van der Waals surface area contributed by atoms with Crippen LogP contribution in [0.4, 0.5) is 5.69 Å². The van der Waals surface area contributed by atoms with Gasteiger partial charge in [-0.05, 0) is 57.2 Å². The van der Waals surface area contributed by atoms with E-state index in [1.165, 1.54) is 63.7 Å². The van der Waals surface area contributed by atoms with Gasteiger partial charge in [-0.15, -0.1) is 0 Å². The molecule has 0 N–H and O–H groups in total. The van der Waals surface area contributed by atoms with E-state index in [0.717, 1.165) is 24.2 Å². The predicted molar refractivity (Wildman–Crippen MR) is 105 cm³/mol. The van der Waals surface area contributed by atoms with E-state index in [2.05, 4.69) is 21.9 Å². The average molecular weight is 363 g/mol. The zero-order chi connectivity index (χ0) is 17.3. The minimum atomic E-state index is 0.437. The van der Waals surface area contributed by atoms with Gasteiger partial charge in [0.25, 0.3) is 0 Å². The number of benzene rings is 1. The lowest BCUT2D eigenvalue weighted by atomic mass is 9.76. The number of rotatable bonds is 3. The summed E-state index contributed by atoms with van der Waals surface area (Å²) < 4.78 is 5.88. The third kappa shape index (κ3) is 3.43. The normalized spacial score (nSPS) is 31.8. The van der Waals surface area contributed by atoms with Crippen molar-refractivity contribution < 1.29 is 4.74 Å². The standard InChI is InChI=1S/C21H31ClN2O/c1-25-20-8-4-11-21(20)12-5-13-24(16-21)17-9-14-23(15-10-17)19-7-3-2-6-18(19)22/h2-3,6-7,17,20H,4-5,8-16H2,1H3/t20-,21-/m1/s1. The van der Waals surface area contributed by atoms with Gasteiger partial charge in [0.1, 0.15) is 0 Å². The maximum Gasteiger partial charge on any atom is 0.0639 e. The number of hydrogen-bond acceptors (Lipinski definition) is 3. The minimum Gasteiger partial charge on any atom is -0.381 e. The van der Waals surface area contributed by atoms with Gasteiger partial charge in [0.2, 0.25) is 0 Å². The van der Waals surface area contributed by atoms with E-state index in [4.69, 9.17) is 16.3 Å². The summed E-state index contributed by atoms with van der Waals surface area (Å²) in [6.07, 6.45) is 9.65. The van der Waals surface area contributed by atoms with Crippen LogP contribution in [-0.2, 0) is 4.74 Å². The monoisotopic (exact) mass is 362 g/mol. The van der Waals surface area contributed by atoms with Crippen molar-refractivity contribution in [1.82, 2.24) is 4.90 Å². The molecular formula is C21H31ClN2O. The van der Waals surface area contributed by atoms with E-state index in [-0.39, 0.29) is 0 Å². The highest BCUT2D eigenvalue weighted by atomic mass is 35.5. The first kappa shape index (κ1) is 17.6. The van der Waals surface area contributed by atoms with E-state index in [0.29, 0.717) is 11.5 Å². The number of likely N-dealkylation sites (tertiary alicyclic amines) is 1. The van der Waals surface area contributed by atoms with Crippen molar-refractivity contribution in [2.24, 2.45) is 5.41 Å². The Morgan fingerprint density at radius 1 is 1.04 bits per heavy atom. The molecule has 4 rings (SSSR count). The number of hydrogen-bond donors (Lipinski definition) is 0. The van der Waals surface area contributed by atoms with Crippen molar-refractivity contribution in [3.05, 3.63) is 29.3 Å². The van der Waals surface area contributed by atoms with Crippen molar-refractivity contribution in [3.63, 3.8) is 0 Å². The van der Waals surface area contributed by atoms with Crippen molar-refractivity contribution in [3.8, 4) is 0 Å². The summed E-state index contributed by atoms with van der Waals surface area (Å²) in [6.45, 7) is 4.76. The van der Waals surface area contributed by atoms with Crippen molar-refractivity contribution in [1.29, 1.82) is 0 Å². The molecule has 3 fully saturated rings. The van der Waals surface area contributed by atoms with Gasteiger partial charge in [-0.25, -0.2) is 0 Å². The van der Waals surface area contributed by atoms with Crippen LogP contribution in [0.2, 0.25) is 5.02 Å². The molecular weight excluding hydrogens is 332 g/mol. The molecule has 2 heterocycles. The summed E-state index contributed by atoms with van der Waals surface area (Å²) in [5.41, 5.74) is 1.64. The van der Waals surface area contributed by atoms with Crippen LogP contribution in [0.1, 0.15) is 44.9 Å². The van der Waals surface area contributed by atoms with Crippen LogP contribution in [0.5, 0.6) is 0 Å². The van der Waals surface area contributed by atoms with Crippen LogP contribution in [-0.4, -0.2) is 50.3 Å². The lowest BCUT2D eigenvalue weighted by molar-refractivity contribution is -0.0469. The fraction of sp³-hybridized carbons (Fsp3) is 0.714. The fourth-order valence-corrected chi connectivity index (χ4v) is 5.89. The molecule has 4 heteroatoms. The van der Waals surface area contributed by atoms with E-state index in [1.54, 1.807) is 0 Å². The maximum absolute atomic E-state index is 6.39. The summed E-state index contributed by atoms with van der Waals surface area (Å²) in [4.78, 5) is 5.26. The summed E-state index contributed by atoms with van der Waals surface area (Å²) >= 11 is 6.39. The molecule has 2 atom stereocenters. The van der Waals surface area contributed by atoms with Crippen LogP contribution in [0, 0.1) is 5.41 Å². The number of nitrogens with zero attached hydrogens (tertiary/aromatic N) is 2. The number of piperidine rings is 2. The first-order chi connectivity index (χ1) is 12.2. The van der Waals surface area contributed by atoms with Gasteiger partial charge in [-0.1, -0.05) is 30.2 Å². The van der Waals surface area contributed by atoms with E-state index >= 15 is 0 Å². The largest absolute Gasteiger partial charge is 0.381 e. The molecule has 0 aromatic heterocycles. The lowest BCUT2D eigenvalue weighted by Crippen LogP contribution is -2.53. The number of halogens is 1.